The minimum atomic E-state index is 0.120. The van der Waals surface area contributed by atoms with Crippen LogP contribution in [0.15, 0.2) is 152 Å². The maximum atomic E-state index is 2.50. The molecule has 0 saturated carbocycles. The summed E-state index contributed by atoms with van der Waals surface area (Å²) in [7, 11) is 0. The summed E-state index contributed by atoms with van der Waals surface area (Å²) in [6.07, 6.45) is 0. The first-order chi connectivity index (χ1) is 23.8. The van der Waals surface area contributed by atoms with E-state index in [0.717, 1.165) is 0 Å². The van der Waals surface area contributed by atoms with E-state index >= 15 is 0 Å². The fraction of sp³-hybridized carbons (Fsp3) is 0.106. The van der Waals surface area contributed by atoms with Gasteiger partial charge in [0.1, 0.15) is 0 Å². The molecule has 9 rings (SSSR count). The van der Waals surface area contributed by atoms with Crippen LogP contribution in [0.2, 0.25) is 0 Å². The van der Waals surface area contributed by atoms with Crippen LogP contribution in [-0.4, -0.2) is 4.57 Å². The molecule has 0 spiro atoms. The van der Waals surface area contributed by atoms with E-state index in [-0.39, 0.29) is 5.41 Å². The van der Waals surface area contributed by atoms with Crippen molar-refractivity contribution in [2.45, 2.75) is 33.1 Å². The average Bonchev–Trinajstić information content (AvgIpc) is 3.67. The third-order valence-corrected chi connectivity index (χ3v) is 11.2. The number of hydrogen-bond acceptors (Lipinski definition) is 1. The number of benzene rings is 7. The monoisotopic (exact) mass is 647 g/mol. The summed E-state index contributed by atoms with van der Waals surface area (Å²) in [4.78, 5) is 0. The van der Waals surface area contributed by atoms with Gasteiger partial charge in [0, 0.05) is 42.2 Å². The minimum absolute atomic E-state index is 0.120. The Balaban J connectivity index is 1.38. The molecule has 0 fully saturated rings. The van der Waals surface area contributed by atoms with Gasteiger partial charge in [-0.3, -0.25) is 0 Å². The van der Waals surface area contributed by atoms with Crippen molar-refractivity contribution in [3.63, 3.8) is 0 Å². The summed E-state index contributed by atoms with van der Waals surface area (Å²) in [6, 6.07) is 56.1. The van der Waals surface area contributed by atoms with E-state index in [9.17, 15) is 0 Å². The normalized spacial score (nSPS) is 12.1. The molecule has 0 unspecified atom stereocenters. The first-order valence-electron chi connectivity index (χ1n) is 17.1. The Kier molecular flexibility index (Phi) is 6.86. The van der Waals surface area contributed by atoms with Crippen LogP contribution in [0.25, 0.3) is 81.0 Å². The number of fused-ring (bicyclic) bond motifs is 7. The highest BCUT2D eigenvalue weighted by Gasteiger charge is 2.23. The van der Waals surface area contributed by atoms with Crippen LogP contribution < -0.4 is 0 Å². The molecule has 0 aliphatic rings. The van der Waals surface area contributed by atoms with E-state index < -0.39 is 0 Å². The predicted octanol–water partition coefficient (Wildman–Crippen LogP) is 13.8. The van der Waals surface area contributed by atoms with Crippen molar-refractivity contribution < 1.29 is 0 Å². The van der Waals surface area contributed by atoms with Gasteiger partial charge in [0.25, 0.3) is 0 Å². The number of para-hydroxylation sites is 1. The summed E-state index contributed by atoms with van der Waals surface area (Å²) in [5.74, 6) is 0. The molecule has 0 saturated heterocycles. The largest absolute Gasteiger partial charge is 0.309 e. The van der Waals surface area contributed by atoms with Gasteiger partial charge in [0.05, 0.1) is 11.0 Å². The molecular weight excluding hydrogens is 611 g/mol. The lowest BCUT2D eigenvalue weighted by atomic mass is 9.86. The number of rotatable bonds is 4. The standard InChI is InChI=1S/C47H37NS/c1-30-18-27-38-41(28-30)48(36-14-9-6-10-15-36)45-40(34-21-19-32(20-22-34)31-12-7-5-8-13-31)29-42-43(44(38)45)39-17-11-16-37(46(39)49-42)33-23-25-35(26-24-33)47(2,3)4/h5-29H,1-4H3. The van der Waals surface area contributed by atoms with Crippen LogP contribution in [0.4, 0.5) is 0 Å². The third kappa shape index (κ3) is 4.90. The first kappa shape index (κ1) is 29.7. The van der Waals surface area contributed by atoms with E-state index in [2.05, 4.69) is 184 Å². The topological polar surface area (TPSA) is 4.93 Å². The molecule has 0 bridgehead atoms. The van der Waals surface area contributed by atoms with E-state index in [0.29, 0.717) is 0 Å². The molecule has 7 aromatic carbocycles. The zero-order valence-electron chi connectivity index (χ0n) is 28.3. The number of aryl methyl sites for hydroxylation is 1. The molecule has 236 valence electrons. The second-order valence-electron chi connectivity index (χ2n) is 14.3. The van der Waals surface area contributed by atoms with Gasteiger partial charge in [-0.2, -0.15) is 0 Å². The van der Waals surface area contributed by atoms with Crippen molar-refractivity contribution in [1.29, 1.82) is 0 Å². The Morgan fingerprint density at radius 3 is 1.86 bits per heavy atom. The smallest absolute Gasteiger partial charge is 0.0626 e. The number of aromatic nitrogens is 1. The molecule has 0 amide bonds. The van der Waals surface area contributed by atoms with E-state index in [1.165, 1.54) is 92.2 Å². The molecule has 0 aliphatic heterocycles. The minimum Gasteiger partial charge on any atom is -0.309 e. The fourth-order valence-corrected chi connectivity index (χ4v) is 8.80. The predicted molar refractivity (Wildman–Crippen MR) is 213 cm³/mol. The Morgan fingerprint density at radius 2 is 1.14 bits per heavy atom. The first-order valence-corrected chi connectivity index (χ1v) is 17.9. The molecule has 0 radical (unpaired) electrons. The zero-order chi connectivity index (χ0) is 33.3. The maximum Gasteiger partial charge on any atom is 0.0626 e. The Morgan fingerprint density at radius 1 is 0.510 bits per heavy atom. The molecule has 49 heavy (non-hydrogen) atoms. The van der Waals surface area contributed by atoms with Gasteiger partial charge in [-0.25, -0.2) is 0 Å². The quantitative estimate of drug-likeness (QED) is 0.179. The highest BCUT2D eigenvalue weighted by atomic mass is 32.1. The van der Waals surface area contributed by atoms with E-state index in [4.69, 9.17) is 0 Å². The Hall–Kier alpha value is -5.44. The molecule has 2 heterocycles. The van der Waals surface area contributed by atoms with Crippen molar-refractivity contribution in [2.75, 3.05) is 0 Å². The number of nitrogens with zero attached hydrogens (tertiary/aromatic N) is 1. The summed E-state index contributed by atoms with van der Waals surface area (Å²) in [5, 5.41) is 5.28. The zero-order valence-corrected chi connectivity index (χ0v) is 29.1. The van der Waals surface area contributed by atoms with Gasteiger partial charge in [0.2, 0.25) is 0 Å². The molecule has 0 N–H and O–H groups in total. The summed E-state index contributed by atoms with van der Waals surface area (Å²) in [6.45, 7) is 9.03. The fourth-order valence-electron chi connectivity index (χ4n) is 7.52. The van der Waals surface area contributed by atoms with Crippen LogP contribution in [0.1, 0.15) is 31.9 Å². The van der Waals surface area contributed by atoms with Crippen molar-refractivity contribution >= 4 is 53.3 Å². The van der Waals surface area contributed by atoms with Crippen LogP contribution in [0, 0.1) is 6.92 Å². The van der Waals surface area contributed by atoms with Gasteiger partial charge >= 0.3 is 0 Å². The molecule has 0 aliphatic carbocycles. The van der Waals surface area contributed by atoms with Gasteiger partial charge in [-0.1, -0.05) is 148 Å². The summed E-state index contributed by atoms with van der Waals surface area (Å²) >= 11 is 1.92. The Labute approximate surface area is 291 Å². The number of thiophene rings is 1. The van der Waals surface area contributed by atoms with Crippen molar-refractivity contribution in [3.8, 4) is 39.1 Å². The van der Waals surface area contributed by atoms with Crippen molar-refractivity contribution in [1.82, 2.24) is 4.57 Å². The SMILES string of the molecule is Cc1ccc2c3c4c(cc(-c5ccc(-c6ccccc6)cc5)c3n(-c3ccccc3)c2c1)sc1c(-c2ccc(C(C)(C)C)cc2)cccc14. The molecule has 1 nitrogen and oxygen atoms in total. The van der Waals surface area contributed by atoms with Crippen LogP contribution in [-0.2, 0) is 5.41 Å². The average molecular weight is 648 g/mol. The molecule has 2 aromatic heterocycles. The lowest BCUT2D eigenvalue weighted by Crippen LogP contribution is -2.10. The highest BCUT2D eigenvalue weighted by molar-refractivity contribution is 7.26. The van der Waals surface area contributed by atoms with Crippen LogP contribution in [0.5, 0.6) is 0 Å². The summed E-state index contributed by atoms with van der Waals surface area (Å²) in [5.41, 5.74) is 13.9. The van der Waals surface area contributed by atoms with Crippen LogP contribution in [0.3, 0.4) is 0 Å². The van der Waals surface area contributed by atoms with Crippen LogP contribution >= 0.6 is 11.3 Å². The van der Waals surface area contributed by atoms with Gasteiger partial charge in [-0.15, -0.1) is 11.3 Å². The molecule has 9 aromatic rings. The van der Waals surface area contributed by atoms with Gasteiger partial charge in [0.15, 0.2) is 0 Å². The maximum absolute atomic E-state index is 2.50. The van der Waals surface area contributed by atoms with Crippen molar-refractivity contribution in [3.05, 3.63) is 163 Å². The molecular formula is C47H37NS. The molecule has 2 heteroatoms. The molecule has 0 atom stereocenters. The number of hydrogen-bond donors (Lipinski definition) is 0. The van der Waals surface area contributed by atoms with Crippen molar-refractivity contribution in [2.24, 2.45) is 0 Å². The van der Waals surface area contributed by atoms with Gasteiger partial charge in [-0.05, 0) is 75.5 Å². The lowest BCUT2D eigenvalue weighted by Gasteiger charge is -2.19. The lowest BCUT2D eigenvalue weighted by molar-refractivity contribution is 0.590. The Bertz CT molecular complexity index is 2650. The van der Waals surface area contributed by atoms with Gasteiger partial charge < -0.3 is 4.57 Å². The second-order valence-corrected chi connectivity index (χ2v) is 15.3. The van der Waals surface area contributed by atoms with E-state index in [1.807, 2.05) is 11.3 Å². The highest BCUT2D eigenvalue weighted by Crippen LogP contribution is 2.49. The third-order valence-electron chi connectivity index (χ3n) is 10.0. The second kappa shape index (κ2) is 11.3. The van der Waals surface area contributed by atoms with E-state index in [1.54, 1.807) is 0 Å². The summed E-state index contributed by atoms with van der Waals surface area (Å²) < 4.78 is 5.15.